The number of fused-ring (bicyclic) bond motifs is 1. The molecule has 0 spiro atoms. The number of hydrogen-bond donors (Lipinski definition) is 3. The fourth-order valence-electron chi connectivity index (χ4n) is 1.34. The lowest BCUT2D eigenvalue weighted by Crippen LogP contribution is -1.62. The summed E-state index contributed by atoms with van der Waals surface area (Å²) in [6.45, 7) is 0. The van der Waals surface area contributed by atoms with Crippen LogP contribution in [-0.2, 0) is 0 Å². The van der Waals surface area contributed by atoms with E-state index >= 15 is 0 Å². The van der Waals surface area contributed by atoms with Crippen molar-refractivity contribution in [1.82, 2.24) is 9.97 Å². The van der Waals surface area contributed by atoms with Gasteiger partial charge in [-0.3, -0.25) is 0 Å². The molecule has 0 unspecified atom stereocenters. The molecule has 0 saturated heterocycles. The molecule has 3 heteroatoms. The molecule has 3 rings (SSSR count). The van der Waals surface area contributed by atoms with Gasteiger partial charge in [0.05, 0.1) is 0 Å². The summed E-state index contributed by atoms with van der Waals surface area (Å²) in [5.41, 5.74) is 0.972. The van der Waals surface area contributed by atoms with Gasteiger partial charge in [-0.25, -0.2) is 0 Å². The Balaban J connectivity index is 0.000000144. The lowest BCUT2D eigenvalue weighted by molar-refractivity contribution is 0.458. The van der Waals surface area contributed by atoms with Gasteiger partial charge in [0.15, 0.2) is 5.88 Å². The van der Waals surface area contributed by atoms with Crippen LogP contribution in [0.1, 0.15) is 0 Å². The molecule has 0 saturated carbocycles. The summed E-state index contributed by atoms with van der Waals surface area (Å²) < 4.78 is 0. The minimum absolute atomic E-state index is 0.223. The van der Waals surface area contributed by atoms with Crippen LogP contribution in [-0.4, -0.2) is 15.1 Å². The van der Waals surface area contributed by atoms with Crippen LogP contribution >= 0.6 is 0 Å². The van der Waals surface area contributed by atoms with Crippen molar-refractivity contribution in [3.05, 3.63) is 54.9 Å². The molecular formula is C12H12N2O. The largest absolute Gasteiger partial charge is 0.495 e. The second-order valence-electron chi connectivity index (χ2n) is 3.13. The van der Waals surface area contributed by atoms with E-state index in [2.05, 4.69) is 9.97 Å². The van der Waals surface area contributed by atoms with E-state index in [9.17, 15) is 0 Å². The normalized spacial score (nSPS) is 9.60. The first-order chi connectivity index (χ1) is 7.36. The molecule has 2 aromatic heterocycles. The fourth-order valence-corrected chi connectivity index (χ4v) is 1.34. The quantitative estimate of drug-likeness (QED) is 0.513. The van der Waals surface area contributed by atoms with Gasteiger partial charge < -0.3 is 15.1 Å². The van der Waals surface area contributed by atoms with Crippen molar-refractivity contribution in [2.45, 2.75) is 0 Å². The minimum atomic E-state index is 0.223. The molecule has 0 bridgehead atoms. The average molecular weight is 200 g/mol. The van der Waals surface area contributed by atoms with E-state index in [1.54, 1.807) is 6.07 Å². The Kier molecular flexibility index (Phi) is 2.74. The standard InChI is InChI=1S/C8H7NO.C4H5N/c10-8-5-6-3-1-2-4-7(6)9-8;1-2-4-5-3-1/h1-5,9-10H;1-5H. The number of aromatic hydroxyl groups is 1. The molecule has 3 N–H and O–H groups in total. The van der Waals surface area contributed by atoms with Gasteiger partial charge in [-0.15, -0.1) is 0 Å². The molecule has 0 aliphatic rings. The Bertz CT molecular complexity index is 461. The summed E-state index contributed by atoms with van der Waals surface area (Å²) in [6, 6.07) is 13.3. The smallest absolute Gasteiger partial charge is 0.189 e. The van der Waals surface area contributed by atoms with Crippen molar-refractivity contribution in [1.29, 1.82) is 0 Å². The summed E-state index contributed by atoms with van der Waals surface area (Å²) in [4.78, 5) is 5.68. The Labute approximate surface area is 87.4 Å². The van der Waals surface area contributed by atoms with Gasteiger partial charge in [0.2, 0.25) is 0 Å². The van der Waals surface area contributed by atoms with Crippen molar-refractivity contribution in [2.24, 2.45) is 0 Å². The van der Waals surface area contributed by atoms with Gasteiger partial charge in [-0.2, -0.15) is 0 Å². The minimum Gasteiger partial charge on any atom is -0.495 e. The molecule has 3 nitrogen and oxygen atoms in total. The van der Waals surface area contributed by atoms with E-state index in [0.717, 1.165) is 10.9 Å². The summed E-state index contributed by atoms with van der Waals surface area (Å²) in [6.07, 6.45) is 3.75. The van der Waals surface area contributed by atoms with E-state index in [1.165, 1.54) is 0 Å². The molecule has 0 fully saturated rings. The second kappa shape index (κ2) is 4.37. The monoisotopic (exact) mass is 200 g/mol. The molecule has 1 aromatic carbocycles. The topological polar surface area (TPSA) is 51.8 Å². The third kappa shape index (κ3) is 2.40. The predicted octanol–water partition coefficient (Wildman–Crippen LogP) is 2.89. The lowest BCUT2D eigenvalue weighted by Gasteiger charge is -1.83. The Hall–Kier alpha value is -2.16. The summed E-state index contributed by atoms with van der Waals surface area (Å²) in [5, 5.41) is 10.0. The predicted molar refractivity (Wildman–Crippen MR) is 60.8 cm³/mol. The van der Waals surface area contributed by atoms with E-state index < -0.39 is 0 Å². The average Bonchev–Trinajstić information content (AvgIpc) is 2.87. The summed E-state index contributed by atoms with van der Waals surface area (Å²) in [5.74, 6) is 0.223. The summed E-state index contributed by atoms with van der Waals surface area (Å²) in [7, 11) is 0. The number of H-pyrrole nitrogens is 2. The van der Waals surface area contributed by atoms with E-state index in [1.807, 2.05) is 48.8 Å². The Morgan fingerprint density at radius 1 is 0.933 bits per heavy atom. The van der Waals surface area contributed by atoms with E-state index in [-0.39, 0.29) is 5.88 Å². The molecule has 0 radical (unpaired) electrons. The van der Waals surface area contributed by atoms with Crippen molar-refractivity contribution < 1.29 is 5.11 Å². The van der Waals surface area contributed by atoms with Crippen LogP contribution in [0.15, 0.2) is 54.9 Å². The van der Waals surface area contributed by atoms with Crippen LogP contribution in [0.3, 0.4) is 0 Å². The van der Waals surface area contributed by atoms with Gasteiger partial charge in [-0.05, 0) is 18.2 Å². The zero-order valence-corrected chi connectivity index (χ0v) is 8.14. The maximum absolute atomic E-state index is 9.00. The van der Waals surface area contributed by atoms with Crippen molar-refractivity contribution >= 4 is 10.9 Å². The van der Waals surface area contributed by atoms with Crippen LogP contribution in [0.2, 0.25) is 0 Å². The highest BCUT2D eigenvalue weighted by Crippen LogP contribution is 2.17. The van der Waals surface area contributed by atoms with Gasteiger partial charge in [-0.1, -0.05) is 18.2 Å². The van der Waals surface area contributed by atoms with Crippen LogP contribution in [0, 0.1) is 0 Å². The van der Waals surface area contributed by atoms with Crippen LogP contribution in [0.4, 0.5) is 0 Å². The maximum Gasteiger partial charge on any atom is 0.189 e. The highest BCUT2D eigenvalue weighted by atomic mass is 16.3. The summed E-state index contributed by atoms with van der Waals surface area (Å²) >= 11 is 0. The molecule has 0 aliphatic heterocycles. The molecular weight excluding hydrogens is 188 g/mol. The van der Waals surface area contributed by atoms with Gasteiger partial charge in [0.1, 0.15) is 0 Å². The highest BCUT2D eigenvalue weighted by Gasteiger charge is 1.94. The van der Waals surface area contributed by atoms with Crippen LogP contribution < -0.4 is 0 Å². The zero-order valence-electron chi connectivity index (χ0n) is 8.14. The van der Waals surface area contributed by atoms with E-state index in [0.29, 0.717) is 0 Å². The van der Waals surface area contributed by atoms with Gasteiger partial charge >= 0.3 is 0 Å². The number of para-hydroxylation sites is 1. The molecule has 0 aliphatic carbocycles. The number of benzene rings is 1. The molecule has 0 atom stereocenters. The molecule has 2 heterocycles. The third-order valence-electron chi connectivity index (χ3n) is 2.01. The number of hydrogen-bond acceptors (Lipinski definition) is 1. The molecule has 3 aromatic rings. The number of aromatic amines is 2. The fraction of sp³-hybridized carbons (Fsp3) is 0. The number of rotatable bonds is 0. The van der Waals surface area contributed by atoms with Crippen LogP contribution in [0.5, 0.6) is 5.88 Å². The number of aromatic nitrogens is 2. The van der Waals surface area contributed by atoms with Crippen molar-refractivity contribution in [3.8, 4) is 5.88 Å². The molecule has 15 heavy (non-hydrogen) atoms. The zero-order chi connectivity index (χ0) is 10.5. The van der Waals surface area contributed by atoms with Crippen molar-refractivity contribution in [2.75, 3.05) is 0 Å². The lowest BCUT2D eigenvalue weighted by atomic mass is 10.3. The first kappa shape index (κ1) is 9.40. The highest BCUT2D eigenvalue weighted by molar-refractivity contribution is 5.80. The van der Waals surface area contributed by atoms with Crippen LogP contribution in [0.25, 0.3) is 10.9 Å². The van der Waals surface area contributed by atoms with Gasteiger partial charge in [0, 0.05) is 29.4 Å². The third-order valence-corrected chi connectivity index (χ3v) is 2.01. The first-order valence-corrected chi connectivity index (χ1v) is 4.71. The SMILES string of the molecule is Oc1cc2ccccc2[nH]1.c1cc[nH]c1. The number of nitrogens with one attached hydrogen (secondary N) is 2. The molecule has 0 amide bonds. The maximum atomic E-state index is 9.00. The molecule has 76 valence electrons. The second-order valence-corrected chi connectivity index (χ2v) is 3.13. The first-order valence-electron chi connectivity index (χ1n) is 4.71. The van der Waals surface area contributed by atoms with Crippen molar-refractivity contribution in [3.63, 3.8) is 0 Å². The van der Waals surface area contributed by atoms with Gasteiger partial charge in [0.25, 0.3) is 0 Å². The Morgan fingerprint density at radius 2 is 1.67 bits per heavy atom. The Morgan fingerprint density at radius 3 is 2.27 bits per heavy atom. The van der Waals surface area contributed by atoms with E-state index in [4.69, 9.17) is 5.11 Å².